The van der Waals surface area contributed by atoms with Crippen LogP contribution in [0.2, 0.25) is 0 Å². The molecule has 0 aliphatic carbocycles. The highest BCUT2D eigenvalue weighted by Crippen LogP contribution is 2.27. The Balaban J connectivity index is 1.48. The molecule has 0 unspecified atom stereocenters. The van der Waals surface area contributed by atoms with Crippen molar-refractivity contribution in [2.45, 2.75) is 25.3 Å². The van der Waals surface area contributed by atoms with Crippen molar-refractivity contribution in [1.82, 2.24) is 10.2 Å². The van der Waals surface area contributed by atoms with E-state index in [1.165, 1.54) is 42.7 Å². The summed E-state index contributed by atoms with van der Waals surface area (Å²) in [5.74, 6) is 0.472. The molecule has 0 spiro atoms. The van der Waals surface area contributed by atoms with E-state index in [9.17, 15) is 9.18 Å². The summed E-state index contributed by atoms with van der Waals surface area (Å²) in [6.45, 7) is 2.53. The van der Waals surface area contributed by atoms with Gasteiger partial charge >= 0.3 is 0 Å². The lowest BCUT2D eigenvalue weighted by Gasteiger charge is -2.33. The average molecular weight is 372 g/mol. The Kier molecular flexibility index (Phi) is 5.04. The quantitative estimate of drug-likeness (QED) is 0.712. The van der Waals surface area contributed by atoms with Crippen molar-refractivity contribution in [1.29, 1.82) is 0 Å². The summed E-state index contributed by atoms with van der Waals surface area (Å²) in [6, 6.07) is 10.3. The van der Waals surface area contributed by atoms with Gasteiger partial charge in [-0.05, 0) is 61.6 Å². The normalized spacial score (nSPS) is 16.7. The summed E-state index contributed by atoms with van der Waals surface area (Å²) in [4.78, 5) is 15.6. The minimum absolute atomic E-state index is 0.0427. The molecule has 1 fully saturated rings. The Morgan fingerprint density at radius 2 is 2.08 bits per heavy atom. The van der Waals surface area contributed by atoms with Crippen LogP contribution in [0, 0.1) is 5.82 Å². The standard InChI is InChI=1S/C20H21FN2O2S/c21-15-7-6-14-11-19(26-18(14)12-15)20(24)22-13-16(17-5-4-10-25-17)23-8-2-1-3-9-23/h4-7,10-12,16H,1-3,8-9,13H2,(H,22,24)/t16-/m0/s1. The number of benzene rings is 1. The first-order valence-corrected chi connectivity index (χ1v) is 9.77. The third-order valence-corrected chi connectivity index (χ3v) is 5.96. The summed E-state index contributed by atoms with van der Waals surface area (Å²) < 4.78 is 19.8. The summed E-state index contributed by atoms with van der Waals surface area (Å²) in [6.07, 6.45) is 5.28. The van der Waals surface area contributed by atoms with Crippen LogP contribution < -0.4 is 5.32 Å². The van der Waals surface area contributed by atoms with E-state index in [4.69, 9.17) is 4.42 Å². The summed E-state index contributed by atoms with van der Waals surface area (Å²) in [7, 11) is 0. The highest BCUT2D eigenvalue weighted by atomic mass is 32.1. The highest BCUT2D eigenvalue weighted by molar-refractivity contribution is 7.20. The SMILES string of the molecule is O=C(NC[C@@H](c1ccco1)N1CCCCC1)c1cc2ccc(F)cc2s1. The molecule has 0 bridgehead atoms. The van der Waals surface area contributed by atoms with Crippen molar-refractivity contribution in [3.05, 3.63) is 59.1 Å². The lowest BCUT2D eigenvalue weighted by Crippen LogP contribution is -2.40. The van der Waals surface area contributed by atoms with Gasteiger partial charge in [0.1, 0.15) is 11.6 Å². The number of nitrogens with one attached hydrogen (secondary N) is 1. The third kappa shape index (κ3) is 3.66. The second-order valence-electron chi connectivity index (χ2n) is 6.63. The number of carbonyl (C=O) groups excluding carboxylic acids is 1. The van der Waals surface area contributed by atoms with Gasteiger partial charge in [0, 0.05) is 11.2 Å². The number of furan rings is 1. The van der Waals surface area contributed by atoms with Crippen LogP contribution in [0.1, 0.15) is 40.7 Å². The number of piperidine rings is 1. The number of hydrogen-bond acceptors (Lipinski definition) is 4. The molecule has 136 valence electrons. The van der Waals surface area contributed by atoms with Crippen LogP contribution in [0.25, 0.3) is 10.1 Å². The monoisotopic (exact) mass is 372 g/mol. The molecule has 0 saturated carbocycles. The third-order valence-electron chi connectivity index (χ3n) is 4.86. The number of amides is 1. The van der Waals surface area contributed by atoms with E-state index >= 15 is 0 Å². The van der Waals surface area contributed by atoms with Crippen LogP contribution >= 0.6 is 11.3 Å². The Labute approximate surface area is 155 Å². The van der Waals surface area contributed by atoms with Gasteiger partial charge in [-0.3, -0.25) is 9.69 Å². The molecule has 1 amide bonds. The topological polar surface area (TPSA) is 45.5 Å². The molecule has 4 nitrogen and oxygen atoms in total. The van der Waals surface area contributed by atoms with Crippen molar-refractivity contribution in [2.75, 3.05) is 19.6 Å². The lowest BCUT2D eigenvalue weighted by atomic mass is 10.1. The molecule has 1 aliphatic heterocycles. The van der Waals surface area contributed by atoms with Gasteiger partial charge in [0.05, 0.1) is 17.2 Å². The lowest BCUT2D eigenvalue weighted by molar-refractivity contribution is 0.0918. The van der Waals surface area contributed by atoms with E-state index in [0.29, 0.717) is 11.4 Å². The highest BCUT2D eigenvalue weighted by Gasteiger charge is 2.25. The molecule has 2 aromatic heterocycles. The summed E-state index contributed by atoms with van der Waals surface area (Å²) in [5.41, 5.74) is 0. The largest absolute Gasteiger partial charge is 0.468 e. The van der Waals surface area contributed by atoms with Crippen molar-refractivity contribution in [3.8, 4) is 0 Å². The van der Waals surface area contributed by atoms with E-state index < -0.39 is 0 Å². The van der Waals surface area contributed by atoms with Gasteiger partial charge in [-0.15, -0.1) is 11.3 Å². The zero-order chi connectivity index (χ0) is 17.9. The van der Waals surface area contributed by atoms with Crippen molar-refractivity contribution >= 4 is 27.3 Å². The van der Waals surface area contributed by atoms with Gasteiger partial charge in [-0.2, -0.15) is 0 Å². The number of hydrogen-bond donors (Lipinski definition) is 1. The van der Waals surface area contributed by atoms with Crippen LogP contribution in [0.4, 0.5) is 4.39 Å². The average Bonchev–Trinajstić information content (AvgIpc) is 3.32. The van der Waals surface area contributed by atoms with Gasteiger partial charge in [0.25, 0.3) is 5.91 Å². The van der Waals surface area contributed by atoms with Crippen LogP contribution in [0.15, 0.2) is 47.1 Å². The molecular weight excluding hydrogens is 351 g/mol. The maximum absolute atomic E-state index is 13.4. The van der Waals surface area contributed by atoms with Crippen molar-refractivity contribution in [3.63, 3.8) is 0 Å². The van der Waals surface area contributed by atoms with Gasteiger partial charge in [-0.1, -0.05) is 12.5 Å². The minimum atomic E-state index is -0.283. The first-order valence-electron chi connectivity index (χ1n) is 8.95. The molecule has 6 heteroatoms. The number of rotatable bonds is 5. The smallest absolute Gasteiger partial charge is 0.261 e. The predicted molar refractivity (Wildman–Crippen MR) is 101 cm³/mol. The summed E-state index contributed by atoms with van der Waals surface area (Å²) in [5, 5.41) is 3.93. The second kappa shape index (κ2) is 7.60. The van der Waals surface area contributed by atoms with E-state index in [2.05, 4.69) is 10.2 Å². The minimum Gasteiger partial charge on any atom is -0.468 e. The second-order valence-corrected chi connectivity index (χ2v) is 7.71. The number of nitrogens with zero attached hydrogens (tertiary/aromatic N) is 1. The number of fused-ring (bicyclic) bond motifs is 1. The van der Waals surface area contributed by atoms with Gasteiger partial charge < -0.3 is 9.73 Å². The van der Waals surface area contributed by atoms with E-state index in [1.54, 1.807) is 12.3 Å². The first kappa shape index (κ1) is 17.2. The van der Waals surface area contributed by atoms with Crippen molar-refractivity contribution in [2.24, 2.45) is 0 Å². The molecule has 1 N–H and O–H groups in total. The Morgan fingerprint density at radius 1 is 1.23 bits per heavy atom. The molecular formula is C20H21FN2O2S. The molecule has 1 aliphatic rings. The van der Waals surface area contributed by atoms with Crippen LogP contribution in [0.3, 0.4) is 0 Å². The van der Waals surface area contributed by atoms with Gasteiger partial charge in [0.15, 0.2) is 0 Å². The van der Waals surface area contributed by atoms with E-state index in [1.807, 2.05) is 18.2 Å². The molecule has 1 atom stereocenters. The zero-order valence-corrected chi connectivity index (χ0v) is 15.2. The molecule has 26 heavy (non-hydrogen) atoms. The summed E-state index contributed by atoms with van der Waals surface area (Å²) >= 11 is 1.32. The van der Waals surface area contributed by atoms with Crippen LogP contribution in [-0.4, -0.2) is 30.4 Å². The van der Waals surface area contributed by atoms with Crippen LogP contribution in [-0.2, 0) is 0 Å². The van der Waals surface area contributed by atoms with Crippen molar-refractivity contribution < 1.29 is 13.6 Å². The molecule has 3 heterocycles. The number of halogens is 1. The molecule has 3 aromatic rings. The van der Waals surface area contributed by atoms with E-state index in [-0.39, 0.29) is 17.8 Å². The Bertz CT molecular complexity index is 884. The number of likely N-dealkylation sites (tertiary alicyclic amines) is 1. The zero-order valence-electron chi connectivity index (χ0n) is 14.4. The molecule has 4 rings (SSSR count). The number of thiophene rings is 1. The Morgan fingerprint density at radius 3 is 2.85 bits per heavy atom. The van der Waals surface area contributed by atoms with Gasteiger partial charge in [0.2, 0.25) is 0 Å². The fourth-order valence-electron chi connectivity index (χ4n) is 3.51. The number of carbonyl (C=O) groups is 1. The molecule has 0 radical (unpaired) electrons. The fraction of sp³-hybridized carbons (Fsp3) is 0.350. The molecule has 1 aromatic carbocycles. The first-order chi connectivity index (χ1) is 12.7. The van der Waals surface area contributed by atoms with Gasteiger partial charge in [-0.25, -0.2) is 4.39 Å². The predicted octanol–water partition coefficient (Wildman–Crippen LogP) is 4.59. The maximum atomic E-state index is 13.4. The molecule has 1 saturated heterocycles. The van der Waals surface area contributed by atoms with E-state index in [0.717, 1.165) is 28.9 Å². The fourth-order valence-corrected chi connectivity index (χ4v) is 4.52. The maximum Gasteiger partial charge on any atom is 0.261 e. The Hall–Kier alpha value is -2.18. The van der Waals surface area contributed by atoms with Crippen LogP contribution in [0.5, 0.6) is 0 Å².